The number of rotatable bonds is 4. The molecule has 2 aromatic carbocycles. The molecule has 0 aromatic heterocycles. The van der Waals surface area contributed by atoms with Crippen LogP contribution in [0.5, 0.6) is 5.75 Å². The Bertz CT molecular complexity index is 1110. The summed E-state index contributed by atoms with van der Waals surface area (Å²) in [6, 6.07) is 10.6. The number of nitrogens with zero attached hydrogens (tertiary/aromatic N) is 2. The molecule has 0 N–H and O–H groups in total. The first-order valence-corrected chi connectivity index (χ1v) is 10.8. The second-order valence-electron chi connectivity index (χ2n) is 8.47. The lowest BCUT2D eigenvalue weighted by molar-refractivity contribution is -0.139. The maximum Gasteiger partial charge on any atom is 0.316 e. The summed E-state index contributed by atoms with van der Waals surface area (Å²) in [6.07, 6.45) is 1.35. The predicted octanol–water partition coefficient (Wildman–Crippen LogP) is 3.61. The van der Waals surface area contributed by atoms with E-state index in [1.165, 1.54) is 4.90 Å². The standard InChI is InChI=1S/C25H26N2O5/c1-15-6-4-7-21(17(15)3)26-14-18(13-24(26)30)25(31)32-19-10-11-20(16(2)12-19)27-22(28)8-5-9-23(27)29/h4,6-7,10-12,18H,5,8-9,13-14H2,1-3H3/t18-/m0/s1. The first-order chi connectivity index (χ1) is 15.3. The van der Waals surface area contributed by atoms with Gasteiger partial charge in [-0.3, -0.25) is 24.1 Å². The minimum absolute atomic E-state index is 0.0973. The normalized spacial score (nSPS) is 19.0. The van der Waals surface area contributed by atoms with Gasteiger partial charge in [-0.1, -0.05) is 12.1 Å². The second-order valence-corrected chi connectivity index (χ2v) is 8.47. The van der Waals surface area contributed by atoms with Crippen LogP contribution in [-0.2, 0) is 19.2 Å². The first kappa shape index (κ1) is 21.7. The van der Waals surface area contributed by atoms with Crippen LogP contribution in [0.2, 0.25) is 0 Å². The third kappa shape index (κ3) is 4.02. The molecular weight excluding hydrogens is 408 g/mol. The van der Waals surface area contributed by atoms with Crippen molar-refractivity contribution in [1.29, 1.82) is 0 Å². The summed E-state index contributed by atoms with van der Waals surface area (Å²) in [5, 5.41) is 0. The number of benzene rings is 2. The van der Waals surface area contributed by atoms with Crippen LogP contribution in [0.15, 0.2) is 36.4 Å². The van der Waals surface area contributed by atoms with Crippen LogP contribution in [0.4, 0.5) is 11.4 Å². The third-order valence-corrected chi connectivity index (χ3v) is 6.23. The van der Waals surface area contributed by atoms with E-state index in [0.717, 1.165) is 16.8 Å². The third-order valence-electron chi connectivity index (χ3n) is 6.23. The molecule has 2 aliphatic heterocycles. The van der Waals surface area contributed by atoms with Crippen LogP contribution in [0.25, 0.3) is 0 Å². The highest BCUT2D eigenvalue weighted by atomic mass is 16.5. The number of carbonyl (C=O) groups is 4. The molecule has 0 bridgehead atoms. The molecular formula is C25H26N2O5. The van der Waals surface area contributed by atoms with Crippen LogP contribution >= 0.6 is 0 Å². The Labute approximate surface area is 187 Å². The van der Waals surface area contributed by atoms with Gasteiger partial charge in [-0.25, -0.2) is 0 Å². The van der Waals surface area contributed by atoms with Crippen molar-refractivity contribution < 1.29 is 23.9 Å². The molecule has 7 heteroatoms. The largest absolute Gasteiger partial charge is 0.426 e. The molecule has 32 heavy (non-hydrogen) atoms. The Kier molecular flexibility index (Phi) is 5.82. The number of anilines is 2. The van der Waals surface area contributed by atoms with E-state index in [2.05, 4.69) is 0 Å². The van der Waals surface area contributed by atoms with Crippen LogP contribution in [-0.4, -0.2) is 30.2 Å². The van der Waals surface area contributed by atoms with Gasteiger partial charge in [0.1, 0.15) is 5.75 Å². The van der Waals surface area contributed by atoms with Gasteiger partial charge in [0.05, 0.1) is 11.6 Å². The maximum absolute atomic E-state index is 12.8. The number of esters is 1. The Morgan fingerprint density at radius 3 is 2.31 bits per heavy atom. The number of hydrogen-bond acceptors (Lipinski definition) is 5. The van der Waals surface area contributed by atoms with Crippen LogP contribution in [0.3, 0.4) is 0 Å². The number of piperidine rings is 1. The quantitative estimate of drug-likeness (QED) is 0.417. The van der Waals surface area contributed by atoms with Crippen molar-refractivity contribution in [3.63, 3.8) is 0 Å². The fraction of sp³-hybridized carbons (Fsp3) is 0.360. The molecule has 2 fully saturated rings. The lowest BCUT2D eigenvalue weighted by Gasteiger charge is -2.26. The Hall–Kier alpha value is -3.48. The number of ether oxygens (including phenoxy) is 1. The van der Waals surface area contributed by atoms with Gasteiger partial charge in [-0.05, 0) is 68.1 Å². The fourth-order valence-electron chi connectivity index (χ4n) is 4.29. The zero-order chi connectivity index (χ0) is 23.0. The lowest BCUT2D eigenvalue weighted by atomic mass is 10.1. The van der Waals surface area contributed by atoms with Gasteiger partial charge in [0.25, 0.3) is 0 Å². The van der Waals surface area contributed by atoms with Gasteiger partial charge in [0, 0.05) is 31.5 Å². The highest BCUT2D eigenvalue weighted by molar-refractivity contribution is 6.16. The Balaban J connectivity index is 1.47. The predicted molar refractivity (Wildman–Crippen MR) is 120 cm³/mol. The summed E-state index contributed by atoms with van der Waals surface area (Å²) in [4.78, 5) is 52.6. The van der Waals surface area contributed by atoms with Crippen molar-refractivity contribution in [3.8, 4) is 5.75 Å². The molecule has 3 amide bonds. The number of imide groups is 1. The van der Waals surface area contributed by atoms with Crippen molar-refractivity contribution in [3.05, 3.63) is 53.1 Å². The van der Waals surface area contributed by atoms with Crippen molar-refractivity contribution in [2.24, 2.45) is 5.92 Å². The SMILES string of the molecule is Cc1cc(OC(=O)[C@H]2CC(=O)N(c3cccc(C)c3C)C2)ccc1N1C(=O)CCCC1=O. The van der Waals surface area contributed by atoms with Crippen molar-refractivity contribution in [2.75, 3.05) is 16.3 Å². The molecule has 2 heterocycles. The fourth-order valence-corrected chi connectivity index (χ4v) is 4.29. The molecule has 1 atom stereocenters. The molecule has 0 radical (unpaired) electrons. The van der Waals surface area contributed by atoms with E-state index in [9.17, 15) is 19.2 Å². The van der Waals surface area contributed by atoms with Crippen molar-refractivity contribution in [2.45, 2.75) is 46.5 Å². The minimum atomic E-state index is -0.562. The Morgan fingerprint density at radius 1 is 0.906 bits per heavy atom. The van der Waals surface area contributed by atoms with E-state index in [1.54, 1.807) is 30.0 Å². The topological polar surface area (TPSA) is 84.0 Å². The van der Waals surface area contributed by atoms with Crippen LogP contribution in [0.1, 0.15) is 42.4 Å². The molecule has 0 saturated carbocycles. The summed E-state index contributed by atoms with van der Waals surface area (Å²) in [5.74, 6) is -1.24. The van der Waals surface area contributed by atoms with E-state index in [0.29, 0.717) is 36.3 Å². The Morgan fingerprint density at radius 2 is 1.62 bits per heavy atom. The van der Waals surface area contributed by atoms with E-state index in [1.807, 2.05) is 32.0 Å². The van der Waals surface area contributed by atoms with Gasteiger partial charge in [0.2, 0.25) is 17.7 Å². The number of amides is 3. The van der Waals surface area contributed by atoms with E-state index >= 15 is 0 Å². The monoisotopic (exact) mass is 434 g/mol. The van der Waals surface area contributed by atoms with Gasteiger partial charge in [-0.2, -0.15) is 0 Å². The second kappa shape index (κ2) is 8.57. The van der Waals surface area contributed by atoms with E-state index < -0.39 is 11.9 Å². The van der Waals surface area contributed by atoms with Crippen LogP contribution < -0.4 is 14.5 Å². The minimum Gasteiger partial charge on any atom is -0.426 e. The van der Waals surface area contributed by atoms with Gasteiger partial charge < -0.3 is 9.64 Å². The zero-order valence-corrected chi connectivity index (χ0v) is 18.5. The smallest absolute Gasteiger partial charge is 0.316 e. The first-order valence-electron chi connectivity index (χ1n) is 10.8. The molecule has 0 unspecified atom stereocenters. The zero-order valence-electron chi connectivity index (χ0n) is 18.5. The number of aryl methyl sites for hydroxylation is 2. The maximum atomic E-state index is 12.8. The summed E-state index contributed by atoms with van der Waals surface area (Å²) < 4.78 is 5.56. The van der Waals surface area contributed by atoms with Gasteiger partial charge in [-0.15, -0.1) is 0 Å². The van der Waals surface area contributed by atoms with Gasteiger partial charge in [0.15, 0.2) is 0 Å². The molecule has 2 aliphatic rings. The molecule has 2 aromatic rings. The molecule has 4 rings (SSSR count). The number of carbonyl (C=O) groups excluding carboxylic acids is 4. The lowest BCUT2D eigenvalue weighted by Crippen LogP contribution is -2.40. The molecule has 7 nitrogen and oxygen atoms in total. The average Bonchev–Trinajstić information content (AvgIpc) is 3.13. The highest BCUT2D eigenvalue weighted by Gasteiger charge is 2.37. The van der Waals surface area contributed by atoms with E-state index in [-0.39, 0.29) is 30.7 Å². The summed E-state index contributed by atoms with van der Waals surface area (Å²) in [5.41, 5.74) is 4.10. The molecule has 166 valence electrons. The highest BCUT2D eigenvalue weighted by Crippen LogP contribution is 2.32. The van der Waals surface area contributed by atoms with Crippen LogP contribution in [0, 0.1) is 26.7 Å². The average molecular weight is 434 g/mol. The molecule has 0 aliphatic carbocycles. The molecule has 2 saturated heterocycles. The summed E-state index contributed by atoms with van der Waals surface area (Å²) in [7, 11) is 0. The van der Waals surface area contributed by atoms with Crippen molar-refractivity contribution >= 4 is 35.1 Å². The van der Waals surface area contributed by atoms with E-state index in [4.69, 9.17) is 4.74 Å². The summed E-state index contributed by atoms with van der Waals surface area (Å²) in [6.45, 7) is 5.99. The molecule has 0 spiro atoms. The van der Waals surface area contributed by atoms with Crippen molar-refractivity contribution in [1.82, 2.24) is 0 Å². The summed E-state index contributed by atoms with van der Waals surface area (Å²) >= 11 is 0. The van der Waals surface area contributed by atoms with Gasteiger partial charge >= 0.3 is 5.97 Å². The number of hydrogen-bond donors (Lipinski definition) is 0.